The van der Waals surface area contributed by atoms with Crippen LogP contribution < -0.4 is 26.2 Å². The summed E-state index contributed by atoms with van der Waals surface area (Å²) in [5.41, 5.74) is 29.5. The molecule has 2 aromatic heterocycles. The maximum atomic E-state index is 10.2. The van der Waals surface area contributed by atoms with Gasteiger partial charge in [-0.2, -0.15) is 0 Å². The quantitative estimate of drug-likeness (QED) is 0.113. The van der Waals surface area contributed by atoms with Crippen molar-refractivity contribution < 1.29 is 11.0 Å². The summed E-state index contributed by atoms with van der Waals surface area (Å²) < 4.78 is 82.7. The minimum absolute atomic E-state index is 0.0473. The fraction of sp³-hybridized carbons (Fsp3) is 0.339. The van der Waals surface area contributed by atoms with Gasteiger partial charge in [-0.25, -0.2) is 0 Å². The second kappa shape index (κ2) is 30.0. The summed E-state index contributed by atoms with van der Waals surface area (Å²) in [4.78, 5) is 5.28. The van der Waals surface area contributed by atoms with Crippen molar-refractivity contribution in [3.05, 3.63) is 305 Å². The molecule has 4 nitrogen and oxygen atoms in total. The van der Waals surface area contributed by atoms with Gasteiger partial charge >= 0.3 is 0 Å². The lowest BCUT2D eigenvalue weighted by Gasteiger charge is -2.47. The summed E-state index contributed by atoms with van der Waals surface area (Å²) in [6.07, 6.45) is 3.36. The van der Waals surface area contributed by atoms with Crippen molar-refractivity contribution in [3.8, 4) is 55.9 Å². The van der Waals surface area contributed by atoms with Crippen LogP contribution in [0.2, 0.25) is 0 Å². The molecule has 2 aliphatic rings. The fourth-order valence-electron chi connectivity index (χ4n) is 19.4. The van der Waals surface area contributed by atoms with Gasteiger partial charge in [-0.1, -0.05) is 345 Å². The zero-order chi connectivity index (χ0) is 94.7. The zero-order valence-corrected chi connectivity index (χ0v) is 78.3. The van der Waals surface area contributed by atoms with Crippen LogP contribution in [0.5, 0.6) is 0 Å². The number of para-hydroxylation sites is 2. The van der Waals surface area contributed by atoms with Gasteiger partial charge in [0.1, 0.15) is 0 Å². The van der Waals surface area contributed by atoms with Gasteiger partial charge in [0, 0.05) is 77.9 Å². The SMILES string of the molecule is [2H]c1c([2H])c([2H])c2c(c1[2H])c1cc(C(C)(C)C)ccc1n2-c1ccc2c(c1)N(c1c(-c3cccc(CC(C)(C)C)c3)cc(C(C)(C)C)cc1-c1cccc(CC(C)(C)C)c1)c1cc(C(C)(C)C)cc3c1B2c1ccc(-n2c4ccc(C(C)(C)C)cc4c4c([2H])c([2H])c([2H])c([2H])c42)cc1N3c1c(-c2cccc(CC(C)(C)C)c2)cc(C(C)(C)C)cc1-c1cccc(CC(C)(C)C)c1. The highest BCUT2D eigenvalue weighted by atomic mass is 15.2. The number of anilines is 6. The third kappa shape index (κ3) is 16.3. The molecule has 0 atom stereocenters. The van der Waals surface area contributed by atoms with E-state index >= 15 is 0 Å². The third-order valence-corrected chi connectivity index (χ3v) is 25.2. The molecular formula is C118H131BN4. The molecule has 0 saturated heterocycles. The van der Waals surface area contributed by atoms with Crippen molar-refractivity contribution in [2.75, 3.05) is 9.80 Å². The second-order valence-corrected chi connectivity index (χ2v) is 45.9. The highest BCUT2D eigenvalue weighted by molar-refractivity contribution is 7.00. The van der Waals surface area contributed by atoms with Gasteiger partial charge in [0.25, 0.3) is 6.71 Å². The molecule has 0 saturated carbocycles. The predicted octanol–water partition coefficient (Wildman–Crippen LogP) is 31.5. The van der Waals surface area contributed by atoms with Crippen molar-refractivity contribution in [2.45, 2.75) is 240 Å². The molecule has 0 bridgehead atoms. The number of benzene rings is 13. The molecule has 17 rings (SSSR count). The highest BCUT2D eigenvalue weighted by Gasteiger charge is 2.47. The van der Waals surface area contributed by atoms with E-state index in [-0.39, 0.29) is 91.7 Å². The molecule has 0 fully saturated rings. The molecule has 0 unspecified atom stereocenters. The van der Waals surface area contributed by atoms with Gasteiger partial charge in [-0.05, 0) is 260 Å². The first-order valence-corrected chi connectivity index (χ1v) is 44.8. The maximum absolute atomic E-state index is 10.2. The van der Waals surface area contributed by atoms with E-state index < -0.39 is 12.1 Å². The normalized spacial score (nSPS) is 14.6. The average molecular weight is 1620 g/mol. The molecule has 0 radical (unpaired) electrons. The Morgan fingerprint density at radius 1 is 0.260 bits per heavy atom. The molecular weight excluding hydrogens is 1480 g/mol. The van der Waals surface area contributed by atoms with Crippen LogP contribution in [0.25, 0.3) is 99.5 Å². The Morgan fingerprint density at radius 3 is 0.846 bits per heavy atom. The summed E-state index contributed by atoms with van der Waals surface area (Å²) >= 11 is 0. The number of rotatable bonds is 12. The Hall–Kier alpha value is -10.9. The Bertz CT molecular complexity index is 6630. The van der Waals surface area contributed by atoms with Gasteiger partial charge in [0.05, 0.1) is 44.4 Å². The first-order chi connectivity index (χ1) is 60.9. The molecule has 0 amide bonds. The molecule has 0 N–H and O–H groups in total. The molecule has 123 heavy (non-hydrogen) atoms. The molecule has 13 aromatic carbocycles. The van der Waals surface area contributed by atoms with Crippen LogP contribution in [0.1, 0.15) is 248 Å². The zero-order valence-electron chi connectivity index (χ0n) is 86.3. The number of hydrogen-bond donors (Lipinski definition) is 0. The summed E-state index contributed by atoms with van der Waals surface area (Å²) in [6, 6.07) is 77.2. The van der Waals surface area contributed by atoms with E-state index in [2.05, 4.69) is 412 Å². The van der Waals surface area contributed by atoms with Crippen molar-refractivity contribution in [3.63, 3.8) is 0 Å². The van der Waals surface area contributed by atoms with Gasteiger partial charge in [0.2, 0.25) is 0 Å². The summed E-state index contributed by atoms with van der Waals surface area (Å²) in [5, 5.41) is 2.41. The number of fused-ring (bicyclic) bond motifs is 10. The van der Waals surface area contributed by atoms with Gasteiger partial charge in [-0.15, -0.1) is 0 Å². The van der Waals surface area contributed by atoms with Crippen molar-refractivity contribution in [2.24, 2.45) is 21.7 Å². The Morgan fingerprint density at radius 2 is 0.553 bits per heavy atom. The van der Waals surface area contributed by atoms with E-state index in [1.54, 1.807) is 0 Å². The molecule has 0 aliphatic carbocycles. The minimum atomic E-state index is -0.541. The van der Waals surface area contributed by atoms with Crippen molar-refractivity contribution in [1.29, 1.82) is 0 Å². The number of aromatic nitrogens is 2. The standard InChI is InChI=1S/C118H131BN4/c1-110(2,3)70-74-36-32-40-78(56-74)91-62-84(116(19,20)21)63-92(79-41-33-37-75(57-79)71-111(4,5)6)108(91)122-103-68-87(120-99-46-30-28-44-89(99)95-60-82(114(13,14)15)48-54-101(95)120)50-52-97(103)119-98-53-51-88(121-100-47-31-29-45-90(100)96-61-83(115(16,17)18)49-55-102(96)121)69-104(98)123(106-67-86(118(25,26)27)66-105(122)107(106)119)109-93(80-42-34-38-76(58-80)72-112(7,8)9)64-85(117(22,23)24)65-94(109)81-43-35-39-77(59-81)73-113(10,11)12/h28-69H,70-73H2,1-27H3/i28D,29D,30D,31D,44D,45D,46D,47D. The van der Waals surface area contributed by atoms with E-state index in [0.29, 0.717) is 21.8 Å². The van der Waals surface area contributed by atoms with Gasteiger partial charge < -0.3 is 18.9 Å². The fourth-order valence-corrected chi connectivity index (χ4v) is 19.4. The topological polar surface area (TPSA) is 16.3 Å². The van der Waals surface area contributed by atoms with Crippen LogP contribution in [0, 0.1) is 21.7 Å². The monoisotopic (exact) mass is 1620 g/mol. The highest BCUT2D eigenvalue weighted by Crippen LogP contribution is 2.57. The van der Waals surface area contributed by atoms with Crippen LogP contribution in [0.15, 0.2) is 255 Å². The molecule has 626 valence electrons. The van der Waals surface area contributed by atoms with Crippen molar-refractivity contribution in [1.82, 2.24) is 9.13 Å². The summed E-state index contributed by atoms with van der Waals surface area (Å²) in [5.74, 6) is 0. The first-order valence-electron chi connectivity index (χ1n) is 48.8. The minimum Gasteiger partial charge on any atom is -0.310 e. The van der Waals surface area contributed by atoms with Crippen LogP contribution in [-0.4, -0.2) is 15.8 Å². The Kier molecular flexibility index (Phi) is 18.2. The molecule has 4 heterocycles. The van der Waals surface area contributed by atoms with E-state index in [0.717, 1.165) is 171 Å². The van der Waals surface area contributed by atoms with Crippen molar-refractivity contribution >= 4 is 101 Å². The smallest absolute Gasteiger partial charge is 0.252 e. The van der Waals surface area contributed by atoms with Crippen LogP contribution in [-0.2, 0) is 52.8 Å². The Labute approximate surface area is 748 Å². The summed E-state index contributed by atoms with van der Waals surface area (Å²) in [7, 11) is 0. The predicted molar refractivity (Wildman–Crippen MR) is 537 cm³/mol. The Balaban J connectivity index is 1.12. The molecule has 5 heteroatoms. The average Bonchev–Trinajstić information content (AvgIpc) is 1.000. The van der Waals surface area contributed by atoms with Crippen LogP contribution in [0.4, 0.5) is 34.1 Å². The lowest BCUT2D eigenvalue weighted by molar-refractivity contribution is 0.411. The maximum Gasteiger partial charge on any atom is 0.252 e. The molecule has 2 aliphatic heterocycles. The van der Waals surface area contributed by atoms with E-state index in [4.69, 9.17) is 0 Å². The lowest BCUT2D eigenvalue weighted by Crippen LogP contribution is -2.61. The van der Waals surface area contributed by atoms with E-state index in [1.165, 1.54) is 33.4 Å². The molecule has 0 spiro atoms. The molecule has 15 aromatic rings. The van der Waals surface area contributed by atoms with E-state index in [9.17, 15) is 11.0 Å². The summed E-state index contributed by atoms with van der Waals surface area (Å²) in [6.45, 7) is 61.5. The van der Waals surface area contributed by atoms with Gasteiger partial charge in [-0.3, -0.25) is 0 Å². The lowest BCUT2D eigenvalue weighted by atomic mass is 9.33. The third-order valence-electron chi connectivity index (χ3n) is 25.2. The number of hydrogen-bond acceptors (Lipinski definition) is 2. The largest absolute Gasteiger partial charge is 0.310 e. The van der Waals surface area contributed by atoms with Gasteiger partial charge in [0.15, 0.2) is 0 Å². The number of nitrogens with zero attached hydrogens (tertiary/aromatic N) is 4. The van der Waals surface area contributed by atoms with E-state index in [1.807, 2.05) is 0 Å². The second-order valence-electron chi connectivity index (χ2n) is 45.9. The first kappa shape index (κ1) is 74.7. The van der Waals surface area contributed by atoms with Crippen LogP contribution >= 0.6 is 0 Å². The van der Waals surface area contributed by atoms with Crippen LogP contribution in [0.3, 0.4) is 0 Å².